The number of carbonyl (C=O) groups excluding carboxylic acids is 2. The molecule has 0 aliphatic rings. The van der Waals surface area contributed by atoms with Crippen molar-refractivity contribution in [2.24, 2.45) is 0 Å². The van der Waals surface area contributed by atoms with E-state index >= 15 is 0 Å². The second-order valence-corrected chi connectivity index (χ2v) is 7.92. The summed E-state index contributed by atoms with van der Waals surface area (Å²) in [4.78, 5) is 47.7. The smallest absolute Gasteiger partial charge is 0.340 e. The van der Waals surface area contributed by atoms with E-state index in [1.807, 2.05) is 19.9 Å². The molecule has 32 heavy (non-hydrogen) atoms. The summed E-state index contributed by atoms with van der Waals surface area (Å²) in [7, 11) is 0. The number of carboxylic acid groups (broad SMARTS) is 1. The maximum atomic E-state index is 12.6. The maximum Gasteiger partial charge on any atom is 0.340 e. The van der Waals surface area contributed by atoms with Crippen LogP contribution in [0.3, 0.4) is 0 Å². The van der Waals surface area contributed by atoms with E-state index in [9.17, 15) is 19.2 Å². The molecule has 3 aromatic rings. The van der Waals surface area contributed by atoms with Crippen molar-refractivity contribution in [3.8, 4) is 0 Å². The Hall–Kier alpha value is -3.62. The Balaban J connectivity index is 1.76. The quantitative estimate of drug-likeness (QED) is 0.360. The molecule has 3 rings (SSSR count). The molecule has 9 heteroatoms. The van der Waals surface area contributed by atoms with E-state index in [4.69, 9.17) is 13.9 Å². The van der Waals surface area contributed by atoms with Crippen LogP contribution >= 0.6 is 0 Å². The van der Waals surface area contributed by atoms with Crippen LogP contribution in [0.4, 0.5) is 0 Å². The Morgan fingerprint density at radius 2 is 1.81 bits per heavy atom. The SMILES string of the molecule is Cc1coc2c(C)c3oc(=O)c(CC(=O)N[C@H](C)C(=O)NCCCC(=O)O)c(C)c3cc12. The minimum atomic E-state index is -0.941. The average Bonchev–Trinajstić information content (AvgIpc) is 3.10. The molecular formula is C23H26N2O7. The van der Waals surface area contributed by atoms with E-state index in [1.54, 1.807) is 13.2 Å². The van der Waals surface area contributed by atoms with Crippen LogP contribution in [0.2, 0.25) is 0 Å². The monoisotopic (exact) mass is 442 g/mol. The fraction of sp³-hybridized carbons (Fsp3) is 0.391. The topological polar surface area (TPSA) is 139 Å². The van der Waals surface area contributed by atoms with Gasteiger partial charge in [-0.05, 0) is 51.3 Å². The van der Waals surface area contributed by atoms with Gasteiger partial charge in [0, 0.05) is 29.3 Å². The summed E-state index contributed by atoms with van der Waals surface area (Å²) in [6.07, 6.45) is 1.65. The van der Waals surface area contributed by atoms with Crippen molar-refractivity contribution in [2.45, 2.75) is 53.0 Å². The minimum Gasteiger partial charge on any atom is -0.481 e. The molecule has 1 atom stereocenters. The Morgan fingerprint density at radius 1 is 1.09 bits per heavy atom. The lowest BCUT2D eigenvalue weighted by atomic mass is 9.99. The molecule has 2 amide bonds. The summed E-state index contributed by atoms with van der Waals surface area (Å²) < 4.78 is 11.1. The van der Waals surface area contributed by atoms with E-state index in [2.05, 4.69) is 10.6 Å². The Morgan fingerprint density at radius 3 is 2.50 bits per heavy atom. The lowest BCUT2D eigenvalue weighted by Gasteiger charge is -2.15. The van der Waals surface area contributed by atoms with Crippen LogP contribution in [0.5, 0.6) is 0 Å². The number of carboxylic acids is 1. The number of carbonyl (C=O) groups is 3. The van der Waals surface area contributed by atoms with Gasteiger partial charge in [0.1, 0.15) is 17.2 Å². The van der Waals surface area contributed by atoms with Crippen LogP contribution < -0.4 is 16.3 Å². The zero-order valence-corrected chi connectivity index (χ0v) is 18.5. The van der Waals surface area contributed by atoms with Crippen LogP contribution in [0.1, 0.15) is 42.0 Å². The lowest BCUT2D eigenvalue weighted by Crippen LogP contribution is -2.45. The predicted octanol–water partition coefficient (Wildman–Crippen LogP) is 2.49. The van der Waals surface area contributed by atoms with E-state index < -0.39 is 29.5 Å². The molecular weight excluding hydrogens is 416 g/mol. The summed E-state index contributed by atoms with van der Waals surface area (Å²) in [5.74, 6) is -1.87. The molecule has 2 aromatic heterocycles. The van der Waals surface area contributed by atoms with E-state index in [-0.39, 0.29) is 24.9 Å². The third kappa shape index (κ3) is 4.66. The number of fused-ring (bicyclic) bond motifs is 2. The Labute approximate surface area is 183 Å². The van der Waals surface area contributed by atoms with Gasteiger partial charge in [-0.2, -0.15) is 0 Å². The van der Waals surface area contributed by atoms with Crippen LogP contribution in [-0.2, 0) is 20.8 Å². The van der Waals surface area contributed by atoms with Gasteiger partial charge in [0.05, 0.1) is 18.2 Å². The van der Waals surface area contributed by atoms with Crippen LogP contribution in [0.25, 0.3) is 21.9 Å². The largest absolute Gasteiger partial charge is 0.481 e. The second-order valence-electron chi connectivity index (χ2n) is 7.92. The van der Waals surface area contributed by atoms with Crippen LogP contribution in [0.15, 0.2) is 26.0 Å². The van der Waals surface area contributed by atoms with Gasteiger partial charge in [0.25, 0.3) is 0 Å². The number of benzene rings is 1. The van der Waals surface area contributed by atoms with Gasteiger partial charge >= 0.3 is 11.6 Å². The van der Waals surface area contributed by atoms with Crippen molar-refractivity contribution in [3.63, 3.8) is 0 Å². The number of furan rings is 1. The highest BCUT2D eigenvalue weighted by atomic mass is 16.4. The van der Waals surface area contributed by atoms with Crippen molar-refractivity contribution in [2.75, 3.05) is 6.54 Å². The Bertz CT molecular complexity index is 1270. The van der Waals surface area contributed by atoms with Gasteiger partial charge < -0.3 is 24.6 Å². The number of rotatable bonds is 8. The number of aliphatic carboxylic acids is 1. The molecule has 0 saturated carbocycles. The summed E-state index contributed by atoms with van der Waals surface area (Å²) in [6, 6.07) is 1.05. The summed E-state index contributed by atoms with van der Waals surface area (Å²) in [5, 5.41) is 15.4. The number of aryl methyl sites for hydroxylation is 3. The van der Waals surface area contributed by atoms with Gasteiger partial charge in [-0.15, -0.1) is 0 Å². The van der Waals surface area contributed by atoms with Crippen molar-refractivity contribution in [1.82, 2.24) is 10.6 Å². The molecule has 0 unspecified atom stereocenters. The maximum absolute atomic E-state index is 12.6. The zero-order chi connectivity index (χ0) is 23.6. The molecule has 0 bridgehead atoms. The number of nitrogens with one attached hydrogen (secondary N) is 2. The van der Waals surface area contributed by atoms with E-state index in [1.165, 1.54) is 6.92 Å². The van der Waals surface area contributed by atoms with Gasteiger partial charge in [0.15, 0.2) is 0 Å². The van der Waals surface area contributed by atoms with Gasteiger partial charge in [0.2, 0.25) is 11.8 Å². The number of amides is 2. The van der Waals surface area contributed by atoms with Crippen LogP contribution in [-0.4, -0.2) is 35.5 Å². The first-order valence-corrected chi connectivity index (χ1v) is 10.3. The van der Waals surface area contributed by atoms with Crippen molar-refractivity contribution >= 4 is 39.7 Å². The summed E-state index contributed by atoms with van der Waals surface area (Å²) >= 11 is 0. The van der Waals surface area contributed by atoms with Crippen molar-refractivity contribution < 1.29 is 28.3 Å². The molecule has 0 aliphatic heterocycles. The van der Waals surface area contributed by atoms with Gasteiger partial charge in [-0.1, -0.05) is 0 Å². The molecule has 0 saturated heterocycles. The molecule has 0 radical (unpaired) electrons. The van der Waals surface area contributed by atoms with Gasteiger partial charge in [-0.3, -0.25) is 14.4 Å². The standard InChI is InChI=1S/C23H26N2O7/c1-11-10-31-20-13(3)21-16(8-15(11)20)12(2)17(23(30)32-21)9-18(26)25-14(4)22(29)24-7-5-6-19(27)28/h8,10,14H,5-7,9H2,1-4H3,(H,24,29)(H,25,26)(H,27,28)/t14-/m1/s1. The molecule has 170 valence electrons. The highest BCUT2D eigenvalue weighted by Crippen LogP contribution is 2.32. The summed E-state index contributed by atoms with van der Waals surface area (Å²) in [5.41, 5.74) is 3.01. The summed E-state index contributed by atoms with van der Waals surface area (Å²) in [6.45, 7) is 7.22. The first kappa shape index (κ1) is 23.1. The first-order chi connectivity index (χ1) is 15.1. The molecule has 3 N–H and O–H groups in total. The third-order valence-corrected chi connectivity index (χ3v) is 5.51. The molecule has 2 heterocycles. The predicted molar refractivity (Wildman–Crippen MR) is 118 cm³/mol. The van der Waals surface area contributed by atoms with Gasteiger partial charge in [-0.25, -0.2) is 4.79 Å². The first-order valence-electron chi connectivity index (χ1n) is 10.3. The molecule has 0 fully saturated rings. The second kappa shape index (κ2) is 9.25. The fourth-order valence-electron chi connectivity index (χ4n) is 3.65. The number of hydrogen-bond donors (Lipinski definition) is 3. The van der Waals surface area contributed by atoms with Crippen LogP contribution in [0, 0.1) is 20.8 Å². The fourth-order valence-corrected chi connectivity index (χ4v) is 3.65. The lowest BCUT2D eigenvalue weighted by molar-refractivity contribution is -0.137. The zero-order valence-electron chi connectivity index (χ0n) is 18.5. The van der Waals surface area contributed by atoms with E-state index in [0.717, 1.165) is 21.9 Å². The minimum absolute atomic E-state index is 0.0534. The molecule has 0 spiro atoms. The highest BCUT2D eigenvalue weighted by Gasteiger charge is 2.21. The molecule has 1 aromatic carbocycles. The average molecular weight is 442 g/mol. The molecule has 0 aliphatic carbocycles. The molecule has 9 nitrogen and oxygen atoms in total. The van der Waals surface area contributed by atoms with Crippen molar-refractivity contribution in [1.29, 1.82) is 0 Å². The Kier molecular flexibility index (Phi) is 6.67. The highest BCUT2D eigenvalue weighted by molar-refractivity contribution is 6.00. The number of hydrogen-bond acceptors (Lipinski definition) is 6. The van der Waals surface area contributed by atoms with Crippen molar-refractivity contribution in [3.05, 3.63) is 45.0 Å². The van der Waals surface area contributed by atoms with E-state index in [0.29, 0.717) is 23.2 Å². The normalized spacial score (nSPS) is 12.1. The third-order valence-electron chi connectivity index (χ3n) is 5.51.